The standard InChI is InChI=1S/C19H17N3O4S/c1-21(2)13-9-7-12(8-10-13)11-16-18(25)22(19(26)27-16)20-17(24)14-5-3-4-6-15(14)23/h3-11,23H,1-2H3,(H,20,24). The SMILES string of the molecule is CN(C)c1ccc(C=C2SC(=O)N(NC(=O)c3ccccc3O)C2=O)cc1. The number of benzene rings is 2. The lowest BCUT2D eigenvalue weighted by Gasteiger charge is -2.14. The Morgan fingerprint density at radius 1 is 1.11 bits per heavy atom. The Morgan fingerprint density at radius 3 is 2.41 bits per heavy atom. The zero-order valence-corrected chi connectivity index (χ0v) is 15.5. The second-order valence-electron chi connectivity index (χ2n) is 5.96. The molecule has 8 heteroatoms. The summed E-state index contributed by atoms with van der Waals surface area (Å²) in [4.78, 5) is 39.0. The van der Waals surface area contributed by atoms with Gasteiger partial charge in [0.2, 0.25) is 0 Å². The summed E-state index contributed by atoms with van der Waals surface area (Å²) in [6, 6.07) is 13.3. The number of amides is 3. The molecule has 1 aliphatic rings. The van der Waals surface area contributed by atoms with Crippen molar-refractivity contribution >= 4 is 40.6 Å². The smallest absolute Gasteiger partial charge is 0.312 e. The number of thioether (sulfide) groups is 1. The van der Waals surface area contributed by atoms with E-state index in [1.54, 1.807) is 18.2 Å². The number of nitrogens with zero attached hydrogens (tertiary/aromatic N) is 2. The molecule has 0 aliphatic carbocycles. The van der Waals surface area contributed by atoms with Crippen LogP contribution in [0.25, 0.3) is 6.08 Å². The van der Waals surface area contributed by atoms with Crippen LogP contribution in [-0.2, 0) is 4.79 Å². The van der Waals surface area contributed by atoms with Crippen LogP contribution < -0.4 is 10.3 Å². The van der Waals surface area contributed by atoms with E-state index < -0.39 is 17.1 Å². The van der Waals surface area contributed by atoms with E-state index in [1.165, 1.54) is 12.1 Å². The Bertz CT molecular complexity index is 938. The molecule has 3 amide bonds. The van der Waals surface area contributed by atoms with E-state index in [-0.39, 0.29) is 16.2 Å². The van der Waals surface area contributed by atoms with E-state index in [4.69, 9.17) is 0 Å². The molecule has 7 nitrogen and oxygen atoms in total. The van der Waals surface area contributed by atoms with Crippen molar-refractivity contribution in [1.82, 2.24) is 10.4 Å². The van der Waals surface area contributed by atoms with Crippen molar-refractivity contribution in [3.05, 3.63) is 64.6 Å². The van der Waals surface area contributed by atoms with Crippen molar-refractivity contribution in [1.29, 1.82) is 0 Å². The number of para-hydroxylation sites is 1. The Labute approximate surface area is 160 Å². The van der Waals surface area contributed by atoms with E-state index in [0.29, 0.717) is 5.01 Å². The molecule has 1 aliphatic heterocycles. The lowest BCUT2D eigenvalue weighted by Crippen LogP contribution is -2.44. The van der Waals surface area contributed by atoms with Crippen molar-refractivity contribution < 1.29 is 19.5 Å². The zero-order valence-electron chi connectivity index (χ0n) is 14.7. The third-order valence-corrected chi connectivity index (χ3v) is 4.73. The van der Waals surface area contributed by atoms with Crippen molar-refractivity contribution in [2.45, 2.75) is 0 Å². The molecule has 0 unspecified atom stereocenters. The number of hydrogen-bond donors (Lipinski definition) is 2. The largest absolute Gasteiger partial charge is 0.507 e. The molecule has 0 atom stereocenters. The number of phenolic OH excluding ortho intramolecular Hbond substituents is 1. The van der Waals surface area contributed by atoms with Crippen molar-refractivity contribution in [3.63, 3.8) is 0 Å². The lowest BCUT2D eigenvalue weighted by molar-refractivity contribution is -0.124. The maximum atomic E-state index is 12.5. The van der Waals surface area contributed by atoms with Crippen LogP contribution in [-0.4, -0.2) is 41.3 Å². The quantitative estimate of drug-likeness (QED) is 0.789. The minimum atomic E-state index is -0.744. The van der Waals surface area contributed by atoms with Crippen molar-refractivity contribution in [2.75, 3.05) is 19.0 Å². The van der Waals surface area contributed by atoms with Crippen LogP contribution >= 0.6 is 11.8 Å². The van der Waals surface area contributed by atoms with Gasteiger partial charge in [0, 0.05) is 19.8 Å². The number of rotatable bonds is 4. The van der Waals surface area contributed by atoms with Crippen LogP contribution in [0.4, 0.5) is 10.5 Å². The highest BCUT2D eigenvalue weighted by atomic mass is 32.2. The maximum Gasteiger partial charge on any atom is 0.312 e. The van der Waals surface area contributed by atoms with Gasteiger partial charge in [-0.15, -0.1) is 0 Å². The summed E-state index contributed by atoms with van der Waals surface area (Å²) in [5, 5.41) is 9.77. The summed E-state index contributed by atoms with van der Waals surface area (Å²) in [5.74, 6) is -1.60. The maximum absolute atomic E-state index is 12.5. The summed E-state index contributed by atoms with van der Waals surface area (Å²) in [5.41, 5.74) is 3.99. The summed E-state index contributed by atoms with van der Waals surface area (Å²) in [6.45, 7) is 0. The molecule has 1 saturated heterocycles. The predicted molar refractivity (Wildman–Crippen MR) is 104 cm³/mol. The minimum absolute atomic E-state index is 0.0280. The summed E-state index contributed by atoms with van der Waals surface area (Å²) in [7, 11) is 3.85. The molecule has 27 heavy (non-hydrogen) atoms. The van der Waals surface area contributed by atoms with Gasteiger partial charge in [-0.25, -0.2) is 0 Å². The summed E-state index contributed by atoms with van der Waals surface area (Å²) >= 11 is 0.739. The van der Waals surface area contributed by atoms with Crippen LogP contribution in [0.3, 0.4) is 0 Å². The average molecular weight is 383 g/mol. The molecule has 0 saturated carbocycles. The number of hydrazine groups is 1. The molecule has 0 radical (unpaired) electrons. The third-order valence-electron chi connectivity index (χ3n) is 3.86. The fourth-order valence-electron chi connectivity index (χ4n) is 2.41. The van der Waals surface area contributed by atoms with E-state index >= 15 is 0 Å². The van der Waals surface area contributed by atoms with Crippen molar-refractivity contribution in [3.8, 4) is 5.75 Å². The molecule has 0 spiro atoms. The first kappa shape index (κ1) is 18.5. The molecular formula is C19H17N3O4S. The molecule has 0 aromatic heterocycles. The van der Waals surface area contributed by atoms with E-state index in [2.05, 4.69) is 5.43 Å². The van der Waals surface area contributed by atoms with Gasteiger partial charge in [0.1, 0.15) is 5.75 Å². The van der Waals surface area contributed by atoms with Gasteiger partial charge in [0.05, 0.1) is 10.5 Å². The molecule has 3 rings (SSSR count). The fraction of sp³-hybridized carbons (Fsp3) is 0.105. The van der Waals surface area contributed by atoms with Gasteiger partial charge >= 0.3 is 5.24 Å². The van der Waals surface area contributed by atoms with Crippen LogP contribution in [0, 0.1) is 0 Å². The molecule has 1 fully saturated rings. The van der Waals surface area contributed by atoms with Gasteiger partial charge in [0.25, 0.3) is 11.8 Å². The average Bonchev–Trinajstić information content (AvgIpc) is 2.90. The molecule has 138 valence electrons. The number of nitrogens with one attached hydrogen (secondary N) is 1. The van der Waals surface area contributed by atoms with E-state index in [0.717, 1.165) is 23.0 Å². The number of hydrogen-bond acceptors (Lipinski definition) is 6. The minimum Gasteiger partial charge on any atom is -0.507 e. The molecule has 2 aromatic rings. The number of anilines is 1. The number of carbonyl (C=O) groups is 3. The topological polar surface area (TPSA) is 90.0 Å². The zero-order chi connectivity index (χ0) is 19.6. The highest BCUT2D eigenvalue weighted by Crippen LogP contribution is 2.31. The highest BCUT2D eigenvalue weighted by molar-refractivity contribution is 8.18. The van der Waals surface area contributed by atoms with Crippen LogP contribution in [0.5, 0.6) is 5.75 Å². The van der Waals surface area contributed by atoms with Gasteiger partial charge in [-0.1, -0.05) is 24.3 Å². The predicted octanol–water partition coefficient (Wildman–Crippen LogP) is 2.84. The normalized spacial score (nSPS) is 15.3. The first-order chi connectivity index (χ1) is 12.9. The number of carbonyl (C=O) groups excluding carboxylic acids is 3. The van der Waals surface area contributed by atoms with E-state index in [1.807, 2.05) is 43.3 Å². The second-order valence-corrected chi connectivity index (χ2v) is 6.95. The molecule has 1 heterocycles. The Balaban J connectivity index is 1.76. The Morgan fingerprint density at radius 2 is 1.78 bits per heavy atom. The van der Waals surface area contributed by atoms with Gasteiger partial charge in [-0.05, 0) is 47.7 Å². The van der Waals surface area contributed by atoms with Gasteiger partial charge < -0.3 is 10.0 Å². The van der Waals surface area contributed by atoms with Gasteiger partial charge in [-0.2, -0.15) is 5.01 Å². The molecular weight excluding hydrogens is 366 g/mol. The summed E-state index contributed by atoms with van der Waals surface area (Å²) < 4.78 is 0. The number of imide groups is 1. The molecule has 0 bridgehead atoms. The number of aromatic hydroxyl groups is 1. The van der Waals surface area contributed by atoms with Crippen LogP contribution in [0.2, 0.25) is 0 Å². The molecule has 2 N–H and O–H groups in total. The lowest BCUT2D eigenvalue weighted by atomic mass is 10.2. The van der Waals surface area contributed by atoms with Crippen LogP contribution in [0.15, 0.2) is 53.4 Å². The first-order valence-corrected chi connectivity index (χ1v) is 8.83. The van der Waals surface area contributed by atoms with Gasteiger partial charge in [-0.3, -0.25) is 19.8 Å². The molecule has 2 aromatic carbocycles. The van der Waals surface area contributed by atoms with E-state index in [9.17, 15) is 19.5 Å². The first-order valence-electron chi connectivity index (χ1n) is 8.01. The monoisotopic (exact) mass is 383 g/mol. The fourth-order valence-corrected chi connectivity index (χ4v) is 3.19. The number of phenols is 1. The van der Waals surface area contributed by atoms with Crippen LogP contribution in [0.1, 0.15) is 15.9 Å². The summed E-state index contributed by atoms with van der Waals surface area (Å²) in [6.07, 6.45) is 1.59. The van der Waals surface area contributed by atoms with Crippen molar-refractivity contribution in [2.24, 2.45) is 0 Å². The Kier molecular flexibility index (Phi) is 5.18. The van der Waals surface area contributed by atoms with Gasteiger partial charge in [0.15, 0.2) is 0 Å². The Hall–Kier alpha value is -3.26. The second kappa shape index (κ2) is 7.55. The third kappa shape index (κ3) is 3.95. The highest BCUT2D eigenvalue weighted by Gasteiger charge is 2.37.